The summed E-state index contributed by atoms with van der Waals surface area (Å²) in [6.07, 6.45) is 3.31. The predicted octanol–water partition coefficient (Wildman–Crippen LogP) is 3.27. The van der Waals surface area contributed by atoms with Crippen LogP contribution in [0.5, 0.6) is 5.75 Å². The van der Waals surface area contributed by atoms with Crippen LogP contribution in [0.3, 0.4) is 0 Å². The number of esters is 1. The highest BCUT2D eigenvalue weighted by Gasteiger charge is 2.14. The van der Waals surface area contributed by atoms with Crippen molar-refractivity contribution in [3.05, 3.63) is 64.7 Å². The molecule has 0 fully saturated rings. The largest absolute Gasteiger partial charge is 0.423 e. The van der Waals surface area contributed by atoms with E-state index in [9.17, 15) is 4.79 Å². The molecule has 2 aromatic carbocycles. The molecular formula is C17H13NO2. The molecule has 0 radical (unpaired) electrons. The van der Waals surface area contributed by atoms with Gasteiger partial charge in [-0.2, -0.15) is 5.26 Å². The minimum absolute atomic E-state index is 0.393. The first kappa shape index (κ1) is 12.4. The van der Waals surface area contributed by atoms with Crippen LogP contribution in [-0.4, -0.2) is 5.97 Å². The fourth-order valence-electron chi connectivity index (χ4n) is 2.49. The maximum atomic E-state index is 12.1. The predicted molar refractivity (Wildman–Crippen MR) is 74.6 cm³/mol. The Morgan fingerprint density at radius 1 is 1.10 bits per heavy atom. The van der Waals surface area contributed by atoms with E-state index >= 15 is 0 Å². The third-order valence-corrected chi connectivity index (χ3v) is 3.51. The standard InChI is InChI=1S/C17H13NO2/c18-11-12-3-1-6-15(9-12)17(19)20-16-8-7-13-4-2-5-14(13)10-16/h1,3,6-10H,2,4-5H2. The first-order chi connectivity index (χ1) is 9.76. The summed E-state index contributed by atoms with van der Waals surface area (Å²) in [7, 11) is 0. The molecule has 0 N–H and O–H groups in total. The number of rotatable bonds is 2. The van der Waals surface area contributed by atoms with Gasteiger partial charge in [0.2, 0.25) is 0 Å². The lowest BCUT2D eigenvalue weighted by Gasteiger charge is -2.06. The van der Waals surface area contributed by atoms with Crippen LogP contribution in [0.4, 0.5) is 0 Å². The van der Waals surface area contributed by atoms with E-state index < -0.39 is 5.97 Å². The number of hydrogen-bond donors (Lipinski definition) is 0. The number of nitrogens with zero attached hydrogens (tertiary/aromatic N) is 1. The minimum Gasteiger partial charge on any atom is -0.423 e. The van der Waals surface area contributed by atoms with Crippen molar-refractivity contribution in [3.8, 4) is 11.8 Å². The zero-order chi connectivity index (χ0) is 13.9. The second kappa shape index (κ2) is 5.18. The third kappa shape index (κ3) is 2.41. The molecule has 0 saturated carbocycles. The fourth-order valence-corrected chi connectivity index (χ4v) is 2.49. The molecule has 3 heteroatoms. The number of carbonyl (C=O) groups excluding carboxylic acids is 1. The normalized spacial score (nSPS) is 12.6. The highest BCUT2D eigenvalue weighted by atomic mass is 16.5. The molecular weight excluding hydrogens is 250 g/mol. The van der Waals surface area contributed by atoms with E-state index in [1.165, 1.54) is 17.2 Å². The van der Waals surface area contributed by atoms with Gasteiger partial charge in [-0.3, -0.25) is 0 Å². The van der Waals surface area contributed by atoms with E-state index in [2.05, 4.69) is 0 Å². The van der Waals surface area contributed by atoms with E-state index in [-0.39, 0.29) is 0 Å². The van der Waals surface area contributed by atoms with E-state index in [0.29, 0.717) is 16.9 Å². The van der Waals surface area contributed by atoms with Crippen molar-refractivity contribution in [3.63, 3.8) is 0 Å². The van der Waals surface area contributed by atoms with Gasteiger partial charge in [-0.25, -0.2) is 4.79 Å². The Balaban J connectivity index is 1.80. The topological polar surface area (TPSA) is 50.1 Å². The Bertz CT molecular complexity index is 713. The van der Waals surface area contributed by atoms with Gasteiger partial charge in [-0.05, 0) is 60.7 Å². The average molecular weight is 263 g/mol. The van der Waals surface area contributed by atoms with Gasteiger partial charge in [0.1, 0.15) is 5.75 Å². The minimum atomic E-state index is -0.431. The van der Waals surface area contributed by atoms with E-state index in [1.54, 1.807) is 18.2 Å². The molecule has 1 aliphatic carbocycles. The van der Waals surface area contributed by atoms with Gasteiger partial charge < -0.3 is 4.74 Å². The van der Waals surface area contributed by atoms with Crippen molar-refractivity contribution in [2.75, 3.05) is 0 Å². The number of fused-ring (bicyclic) bond motifs is 1. The monoisotopic (exact) mass is 263 g/mol. The molecule has 0 atom stereocenters. The molecule has 98 valence electrons. The van der Waals surface area contributed by atoms with Crippen LogP contribution < -0.4 is 4.74 Å². The van der Waals surface area contributed by atoms with Crippen LogP contribution in [0.15, 0.2) is 42.5 Å². The molecule has 2 aromatic rings. The molecule has 0 bridgehead atoms. The average Bonchev–Trinajstić information content (AvgIpc) is 2.95. The fraction of sp³-hybridized carbons (Fsp3) is 0.176. The lowest BCUT2D eigenvalue weighted by atomic mass is 10.1. The molecule has 0 unspecified atom stereocenters. The smallest absolute Gasteiger partial charge is 0.343 e. The molecule has 0 saturated heterocycles. The summed E-state index contributed by atoms with van der Waals surface area (Å²) in [6.45, 7) is 0. The van der Waals surface area contributed by atoms with Gasteiger partial charge in [-0.1, -0.05) is 12.1 Å². The van der Waals surface area contributed by atoms with Crippen molar-refractivity contribution in [1.29, 1.82) is 5.26 Å². The Morgan fingerprint density at radius 3 is 2.80 bits per heavy atom. The summed E-state index contributed by atoms with van der Waals surface area (Å²) < 4.78 is 5.38. The Morgan fingerprint density at radius 2 is 1.95 bits per heavy atom. The van der Waals surface area contributed by atoms with Gasteiger partial charge in [0.15, 0.2) is 0 Å². The molecule has 3 nitrogen and oxygen atoms in total. The quantitative estimate of drug-likeness (QED) is 0.617. The second-order valence-electron chi connectivity index (χ2n) is 4.87. The van der Waals surface area contributed by atoms with Crippen molar-refractivity contribution in [2.45, 2.75) is 19.3 Å². The molecule has 0 aliphatic heterocycles. The molecule has 0 aromatic heterocycles. The van der Waals surface area contributed by atoms with E-state index in [0.717, 1.165) is 19.3 Å². The van der Waals surface area contributed by atoms with Crippen molar-refractivity contribution in [2.24, 2.45) is 0 Å². The highest BCUT2D eigenvalue weighted by Crippen LogP contribution is 2.26. The van der Waals surface area contributed by atoms with Crippen LogP contribution in [0, 0.1) is 11.3 Å². The van der Waals surface area contributed by atoms with Crippen molar-refractivity contribution in [1.82, 2.24) is 0 Å². The zero-order valence-corrected chi connectivity index (χ0v) is 10.9. The number of carbonyl (C=O) groups is 1. The number of benzene rings is 2. The van der Waals surface area contributed by atoms with Crippen LogP contribution in [0.25, 0.3) is 0 Å². The maximum Gasteiger partial charge on any atom is 0.343 e. The van der Waals surface area contributed by atoms with Crippen LogP contribution >= 0.6 is 0 Å². The Kier molecular flexibility index (Phi) is 3.22. The number of hydrogen-bond acceptors (Lipinski definition) is 3. The lowest BCUT2D eigenvalue weighted by Crippen LogP contribution is -2.08. The number of nitriles is 1. The van der Waals surface area contributed by atoms with E-state index in [1.807, 2.05) is 24.3 Å². The van der Waals surface area contributed by atoms with Crippen LogP contribution in [-0.2, 0) is 12.8 Å². The van der Waals surface area contributed by atoms with Gasteiger partial charge in [0, 0.05) is 0 Å². The summed E-state index contributed by atoms with van der Waals surface area (Å²) in [4.78, 5) is 12.1. The molecule has 0 heterocycles. The maximum absolute atomic E-state index is 12.1. The number of aryl methyl sites for hydroxylation is 2. The Labute approximate surface area is 117 Å². The third-order valence-electron chi connectivity index (χ3n) is 3.51. The molecule has 3 rings (SSSR count). The first-order valence-electron chi connectivity index (χ1n) is 6.60. The van der Waals surface area contributed by atoms with Gasteiger partial charge in [0.05, 0.1) is 17.2 Å². The van der Waals surface area contributed by atoms with Crippen molar-refractivity contribution >= 4 is 5.97 Å². The first-order valence-corrected chi connectivity index (χ1v) is 6.60. The molecule has 1 aliphatic rings. The summed E-state index contributed by atoms with van der Waals surface area (Å²) >= 11 is 0. The van der Waals surface area contributed by atoms with Gasteiger partial charge >= 0.3 is 5.97 Å². The Hall–Kier alpha value is -2.60. The second-order valence-corrected chi connectivity index (χ2v) is 4.87. The molecule has 0 amide bonds. The summed E-state index contributed by atoms with van der Waals surface area (Å²) in [6, 6.07) is 14.3. The lowest BCUT2D eigenvalue weighted by molar-refractivity contribution is 0.0734. The summed E-state index contributed by atoms with van der Waals surface area (Å²) in [5.41, 5.74) is 3.45. The summed E-state index contributed by atoms with van der Waals surface area (Å²) in [5, 5.41) is 8.84. The van der Waals surface area contributed by atoms with Gasteiger partial charge in [-0.15, -0.1) is 0 Å². The molecule has 20 heavy (non-hydrogen) atoms. The van der Waals surface area contributed by atoms with Gasteiger partial charge in [0.25, 0.3) is 0 Å². The summed E-state index contributed by atoms with van der Waals surface area (Å²) in [5.74, 6) is 0.137. The van der Waals surface area contributed by atoms with E-state index in [4.69, 9.17) is 10.00 Å². The SMILES string of the molecule is N#Cc1cccc(C(=O)Oc2ccc3c(c2)CCC3)c1. The van der Waals surface area contributed by atoms with Crippen LogP contribution in [0.1, 0.15) is 33.5 Å². The van der Waals surface area contributed by atoms with Crippen LogP contribution in [0.2, 0.25) is 0 Å². The number of ether oxygens (including phenoxy) is 1. The molecule has 0 spiro atoms. The van der Waals surface area contributed by atoms with Crippen molar-refractivity contribution < 1.29 is 9.53 Å². The highest BCUT2D eigenvalue weighted by molar-refractivity contribution is 5.91. The zero-order valence-electron chi connectivity index (χ0n) is 10.9.